The van der Waals surface area contributed by atoms with Gasteiger partial charge < -0.3 is 15.4 Å². The van der Waals surface area contributed by atoms with E-state index in [1.54, 1.807) is 18.2 Å². The summed E-state index contributed by atoms with van der Waals surface area (Å²) in [6.45, 7) is 4.44. The number of halogens is 1. The molecule has 0 aliphatic heterocycles. The lowest BCUT2D eigenvalue weighted by Gasteiger charge is -2.18. The Morgan fingerprint density at radius 3 is 2.55 bits per heavy atom. The zero-order valence-corrected chi connectivity index (χ0v) is 13.4. The van der Waals surface area contributed by atoms with Crippen molar-refractivity contribution in [3.8, 4) is 5.75 Å². The molecule has 0 saturated carbocycles. The Labute approximate surface area is 135 Å². The normalized spacial score (nSPS) is 11.6. The Balaban J connectivity index is 1.79. The molecular formula is C17H19FN2OS. The van der Waals surface area contributed by atoms with Gasteiger partial charge in [-0.05, 0) is 50.3 Å². The average Bonchev–Trinajstić information content (AvgIpc) is 2.49. The fourth-order valence-corrected chi connectivity index (χ4v) is 2.15. The molecule has 0 heterocycles. The zero-order valence-electron chi connectivity index (χ0n) is 12.6. The summed E-state index contributed by atoms with van der Waals surface area (Å²) in [5, 5.41) is 6.27. The summed E-state index contributed by atoms with van der Waals surface area (Å²) < 4.78 is 19.2. The number of ether oxygens (including phenoxy) is 1. The summed E-state index contributed by atoms with van der Waals surface area (Å²) >= 11 is 5.18. The van der Waals surface area contributed by atoms with Crippen LogP contribution in [0.2, 0.25) is 0 Å². The average molecular weight is 318 g/mol. The Bertz CT molecular complexity index is 631. The summed E-state index contributed by atoms with van der Waals surface area (Å²) in [5.41, 5.74) is 1.54. The first-order valence-corrected chi connectivity index (χ1v) is 7.47. The lowest BCUT2D eigenvalue weighted by atomic mass is 10.2. The molecule has 2 rings (SSSR count). The van der Waals surface area contributed by atoms with Crippen LogP contribution in [-0.2, 0) is 0 Å². The topological polar surface area (TPSA) is 33.3 Å². The molecule has 0 aromatic heterocycles. The van der Waals surface area contributed by atoms with Gasteiger partial charge in [-0.2, -0.15) is 0 Å². The van der Waals surface area contributed by atoms with Crippen LogP contribution in [-0.4, -0.2) is 17.8 Å². The van der Waals surface area contributed by atoms with Crippen molar-refractivity contribution in [3.05, 3.63) is 59.9 Å². The largest absolute Gasteiger partial charge is 0.491 e. The minimum Gasteiger partial charge on any atom is -0.491 e. The summed E-state index contributed by atoms with van der Waals surface area (Å²) in [6, 6.07) is 14.2. The molecule has 0 aliphatic rings. The molecule has 0 unspecified atom stereocenters. The zero-order chi connectivity index (χ0) is 15.9. The molecule has 2 aromatic carbocycles. The fraction of sp³-hybridized carbons (Fsp3) is 0.235. The lowest BCUT2D eigenvalue weighted by Crippen LogP contribution is -2.39. The maximum absolute atomic E-state index is 13.5. The number of aryl methyl sites for hydroxylation is 1. The van der Waals surface area contributed by atoms with E-state index in [4.69, 9.17) is 17.0 Å². The van der Waals surface area contributed by atoms with Gasteiger partial charge >= 0.3 is 0 Å². The second kappa shape index (κ2) is 7.75. The number of anilines is 1. The third-order valence-electron chi connectivity index (χ3n) is 3.02. The second-order valence-electron chi connectivity index (χ2n) is 5.10. The summed E-state index contributed by atoms with van der Waals surface area (Å²) in [6.07, 6.45) is 0. The van der Waals surface area contributed by atoms with Crippen LogP contribution in [0, 0.1) is 12.7 Å². The monoisotopic (exact) mass is 318 g/mol. The van der Waals surface area contributed by atoms with Crippen molar-refractivity contribution in [1.29, 1.82) is 0 Å². The van der Waals surface area contributed by atoms with Crippen LogP contribution in [0.4, 0.5) is 10.1 Å². The van der Waals surface area contributed by atoms with Gasteiger partial charge in [-0.15, -0.1) is 0 Å². The van der Waals surface area contributed by atoms with E-state index in [2.05, 4.69) is 10.6 Å². The number of nitrogens with one attached hydrogen (secondary N) is 2. The van der Waals surface area contributed by atoms with Gasteiger partial charge in [0.15, 0.2) is 5.11 Å². The lowest BCUT2D eigenvalue weighted by molar-refractivity contribution is 0.287. The van der Waals surface area contributed by atoms with Crippen molar-refractivity contribution in [1.82, 2.24) is 5.32 Å². The Hall–Kier alpha value is -2.14. The first-order chi connectivity index (χ1) is 10.5. The number of rotatable bonds is 5. The number of para-hydroxylation sites is 1. The summed E-state index contributed by atoms with van der Waals surface area (Å²) in [5.74, 6) is 0.474. The third kappa shape index (κ3) is 5.00. The standard InChI is InChI=1S/C17H19FN2OS/c1-12-7-9-14(10-8-12)21-11-13(2)19-17(22)20-16-6-4-3-5-15(16)18/h3-10,13H,11H2,1-2H3,(H2,19,20,22)/t13-/m0/s1. The third-order valence-corrected chi connectivity index (χ3v) is 3.24. The van der Waals surface area contributed by atoms with Crippen molar-refractivity contribution < 1.29 is 9.13 Å². The van der Waals surface area contributed by atoms with Crippen molar-refractivity contribution in [2.24, 2.45) is 0 Å². The van der Waals surface area contributed by atoms with E-state index in [-0.39, 0.29) is 11.9 Å². The van der Waals surface area contributed by atoms with Crippen LogP contribution in [0.1, 0.15) is 12.5 Å². The molecule has 22 heavy (non-hydrogen) atoms. The first kappa shape index (κ1) is 16.2. The number of benzene rings is 2. The molecule has 116 valence electrons. The van der Waals surface area contributed by atoms with Crippen LogP contribution in [0.5, 0.6) is 5.75 Å². The van der Waals surface area contributed by atoms with Gasteiger partial charge in [0.25, 0.3) is 0 Å². The van der Waals surface area contributed by atoms with Crippen molar-refractivity contribution in [3.63, 3.8) is 0 Å². The SMILES string of the molecule is Cc1ccc(OC[C@H](C)NC(=S)Nc2ccccc2F)cc1. The van der Waals surface area contributed by atoms with Gasteiger partial charge in [0.05, 0.1) is 11.7 Å². The Morgan fingerprint density at radius 1 is 1.18 bits per heavy atom. The van der Waals surface area contributed by atoms with Gasteiger partial charge in [0, 0.05) is 0 Å². The maximum atomic E-state index is 13.5. The Morgan fingerprint density at radius 2 is 1.86 bits per heavy atom. The van der Waals surface area contributed by atoms with Crippen LogP contribution in [0.25, 0.3) is 0 Å². The fourth-order valence-electron chi connectivity index (χ4n) is 1.84. The number of hydrogen-bond acceptors (Lipinski definition) is 2. The molecule has 3 nitrogen and oxygen atoms in total. The predicted octanol–water partition coefficient (Wildman–Crippen LogP) is 3.89. The molecular weight excluding hydrogens is 299 g/mol. The first-order valence-electron chi connectivity index (χ1n) is 7.06. The highest BCUT2D eigenvalue weighted by Crippen LogP contribution is 2.13. The van der Waals surface area contributed by atoms with Gasteiger partial charge in [0.2, 0.25) is 0 Å². The van der Waals surface area contributed by atoms with Gasteiger partial charge in [-0.1, -0.05) is 29.8 Å². The second-order valence-corrected chi connectivity index (χ2v) is 5.51. The van der Waals surface area contributed by atoms with Gasteiger partial charge in [-0.3, -0.25) is 0 Å². The van der Waals surface area contributed by atoms with Crippen LogP contribution in [0.15, 0.2) is 48.5 Å². The minimum atomic E-state index is -0.338. The van der Waals surface area contributed by atoms with E-state index in [9.17, 15) is 4.39 Å². The molecule has 0 bridgehead atoms. The highest BCUT2D eigenvalue weighted by molar-refractivity contribution is 7.80. The van der Waals surface area contributed by atoms with Crippen molar-refractivity contribution >= 4 is 23.0 Å². The summed E-state index contributed by atoms with van der Waals surface area (Å²) in [7, 11) is 0. The molecule has 0 saturated heterocycles. The van der Waals surface area contributed by atoms with E-state index >= 15 is 0 Å². The highest BCUT2D eigenvalue weighted by atomic mass is 32.1. The highest BCUT2D eigenvalue weighted by Gasteiger charge is 2.07. The van der Waals surface area contributed by atoms with E-state index in [0.717, 1.165) is 5.75 Å². The molecule has 0 amide bonds. The van der Waals surface area contributed by atoms with Crippen molar-refractivity contribution in [2.45, 2.75) is 19.9 Å². The van der Waals surface area contributed by atoms with Crippen molar-refractivity contribution in [2.75, 3.05) is 11.9 Å². The maximum Gasteiger partial charge on any atom is 0.171 e. The van der Waals surface area contributed by atoms with Crippen LogP contribution in [0.3, 0.4) is 0 Å². The molecule has 2 aromatic rings. The molecule has 0 aliphatic carbocycles. The van der Waals surface area contributed by atoms with E-state index in [1.165, 1.54) is 11.6 Å². The number of hydrogen-bond donors (Lipinski definition) is 2. The van der Waals surface area contributed by atoms with E-state index in [1.807, 2.05) is 38.1 Å². The van der Waals surface area contributed by atoms with E-state index < -0.39 is 0 Å². The van der Waals surface area contributed by atoms with Crippen LogP contribution >= 0.6 is 12.2 Å². The minimum absolute atomic E-state index is 0.00641. The molecule has 0 radical (unpaired) electrons. The van der Waals surface area contributed by atoms with Gasteiger partial charge in [-0.25, -0.2) is 4.39 Å². The quantitative estimate of drug-likeness (QED) is 0.820. The van der Waals surface area contributed by atoms with E-state index in [0.29, 0.717) is 17.4 Å². The molecule has 5 heteroatoms. The number of thiocarbonyl (C=S) groups is 1. The van der Waals surface area contributed by atoms with Crippen LogP contribution < -0.4 is 15.4 Å². The predicted molar refractivity (Wildman–Crippen MR) is 91.9 cm³/mol. The summed E-state index contributed by atoms with van der Waals surface area (Å²) in [4.78, 5) is 0. The molecule has 0 fully saturated rings. The smallest absolute Gasteiger partial charge is 0.171 e. The molecule has 1 atom stereocenters. The van der Waals surface area contributed by atoms with Gasteiger partial charge in [0.1, 0.15) is 18.2 Å². The molecule has 2 N–H and O–H groups in total. The Kier molecular flexibility index (Phi) is 5.72. The molecule has 0 spiro atoms.